The van der Waals surface area contributed by atoms with Crippen molar-refractivity contribution < 1.29 is 23.3 Å². The summed E-state index contributed by atoms with van der Waals surface area (Å²) >= 11 is 13.8. The molecule has 0 amide bonds. The molecule has 0 saturated carbocycles. The molecule has 3 aromatic rings. The molecule has 32 heavy (non-hydrogen) atoms. The predicted molar refractivity (Wildman–Crippen MR) is 148 cm³/mol. The van der Waals surface area contributed by atoms with E-state index in [1.54, 1.807) is 0 Å². The van der Waals surface area contributed by atoms with E-state index in [-0.39, 0.29) is 39.7 Å². The van der Waals surface area contributed by atoms with Gasteiger partial charge in [-0.15, -0.1) is 78.4 Å². The van der Waals surface area contributed by atoms with Crippen molar-refractivity contribution in [1.82, 2.24) is 0 Å². The van der Waals surface area contributed by atoms with Gasteiger partial charge in [0.2, 0.25) is 0 Å². The zero-order valence-electron chi connectivity index (χ0n) is 19.3. The Morgan fingerprint density at radius 2 is 1.44 bits per heavy atom. The van der Waals surface area contributed by atoms with Gasteiger partial charge in [0.15, 0.2) is 0 Å². The van der Waals surface area contributed by atoms with Crippen molar-refractivity contribution in [3.8, 4) is 11.1 Å². The molecule has 0 saturated heterocycles. The fourth-order valence-electron chi connectivity index (χ4n) is 3.29. The van der Waals surface area contributed by atoms with Crippen LogP contribution >= 0.6 is 48.0 Å². The van der Waals surface area contributed by atoms with Crippen LogP contribution in [0.5, 0.6) is 0 Å². The summed E-state index contributed by atoms with van der Waals surface area (Å²) < 4.78 is 0. The molecule has 0 spiro atoms. The first-order valence-corrected chi connectivity index (χ1v) is 14.0. The van der Waals surface area contributed by atoms with E-state index in [2.05, 4.69) is 64.9 Å². The summed E-state index contributed by atoms with van der Waals surface area (Å²) in [6.07, 6.45) is 3.36. The van der Waals surface area contributed by atoms with Gasteiger partial charge in [-0.3, -0.25) is 6.08 Å². The van der Waals surface area contributed by atoms with Crippen LogP contribution in [0.4, 0.5) is 0 Å². The van der Waals surface area contributed by atoms with Crippen molar-refractivity contribution in [1.29, 1.82) is 0 Å². The van der Waals surface area contributed by atoms with Crippen LogP contribution in [0.3, 0.4) is 0 Å². The Balaban J connectivity index is -0.000000490. The van der Waals surface area contributed by atoms with Crippen molar-refractivity contribution in [2.24, 2.45) is 5.92 Å². The Morgan fingerprint density at radius 3 is 1.88 bits per heavy atom. The van der Waals surface area contributed by atoms with Gasteiger partial charge in [-0.25, -0.2) is 5.57 Å². The van der Waals surface area contributed by atoms with E-state index < -0.39 is 0 Å². The van der Waals surface area contributed by atoms with Crippen molar-refractivity contribution in [2.75, 3.05) is 0 Å². The van der Waals surface area contributed by atoms with Crippen LogP contribution in [-0.4, -0.2) is 6.88 Å². The van der Waals surface area contributed by atoms with Crippen LogP contribution in [0, 0.1) is 26.8 Å². The van der Waals surface area contributed by atoms with Crippen molar-refractivity contribution in [3.05, 3.63) is 102 Å². The molecular formula is C26H30Cl4SiZr-4. The summed E-state index contributed by atoms with van der Waals surface area (Å²) in [5.74, 6) is 0.560. The Labute approximate surface area is 234 Å². The quantitative estimate of drug-likeness (QED) is 0.192. The molecule has 1 aliphatic carbocycles. The first-order chi connectivity index (χ1) is 13.4. The second-order valence-corrected chi connectivity index (χ2v) is 7.54. The fraction of sp³-hybridized carbons (Fsp3) is 0.192. The van der Waals surface area contributed by atoms with Crippen LogP contribution in [-0.2, 0) is 23.3 Å². The zero-order chi connectivity index (χ0) is 20.8. The Kier molecular flexibility index (Phi) is 19.6. The zero-order valence-corrected chi connectivity index (χ0v) is 25.9. The van der Waals surface area contributed by atoms with Gasteiger partial charge in [-0.2, -0.15) is 11.1 Å². The molecule has 0 fully saturated rings. The van der Waals surface area contributed by atoms with Gasteiger partial charge in [0.1, 0.15) is 0 Å². The third kappa shape index (κ3) is 8.53. The molecule has 3 aromatic carbocycles. The van der Waals surface area contributed by atoms with E-state index in [4.69, 9.17) is 23.2 Å². The van der Waals surface area contributed by atoms with Crippen molar-refractivity contribution >= 4 is 65.7 Å². The molecule has 0 aliphatic heterocycles. The van der Waals surface area contributed by atoms with Crippen LogP contribution in [0.25, 0.3) is 21.9 Å². The van der Waals surface area contributed by atoms with E-state index in [0.29, 0.717) is 16.0 Å². The Bertz CT molecular complexity index is 1020. The van der Waals surface area contributed by atoms with E-state index >= 15 is 0 Å². The van der Waals surface area contributed by atoms with Gasteiger partial charge >= 0.3 is 30.2 Å². The van der Waals surface area contributed by atoms with Crippen LogP contribution in [0.1, 0.15) is 27.7 Å². The molecule has 0 nitrogen and oxygen atoms in total. The minimum atomic E-state index is 0. The predicted octanol–water partition coefficient (Wildman–Crippen LogP) is 9.62. The second kappa shape index (κ2) is 17.3. The van der Waals surface area contributed by atoms with Crippen molar-refractivity contribution in [2.45, 2.75) is 27.7 Å². The maximum atomic E-state index is 6.24. The second-order valence-electron chi connectivity index (χ2n) is 6.73. The van der Waals surface area contributed by atoms with E-state index in [1.807, 2.05) is 30.3 Å². The topological polar surface area (TPSA) is 0 Å². The first kappa shape index (κ1) is 36.4. The number of benzene rings is 2. The molecule has 174 valence electrons. The molecule has 6 heteroatoms. The van der Waals surface area contributed by atoms with E-state index in [9.17, 15) is 0 Å². The number of hydrogen-bond acceptors (Lipinski definition) is 0. The third-order valence-corrected chi connectivity index (χ3v) is 5.78. The number of hydrogen-bond donors (Lipinski definition) is 0. The van der Waals surface area contributed by atoms with Gasteiger partial charge in [0, 0.05) is 10.0 Å². The molecule has 0 bridgehead atoms. The van der Waals surface area contributed by atoms with Crippen molar-refractivity contribution in [3.63, 3.8) is 0 Å². The minimum absolute atomic E-state index is 0. The number of allylic oxidation sites excluding steroid dienone is 4. The summed E-state index contributed by atoms with van der Waals surface area (Å²) in [6, 6.07) is 18.0. The summed E-state index contributed by atoms with van der Waals surface area (Å²) in [5, 5.41) is 3.77. The van der Waals surface area contributed by atoms with E-state index in [1.165, 1.54) is 50.8 Å². The normalized spacial score (nSPS) is 13.5. The van der Waals surface area contributed by atoms with Crippen LogP contribution < -0.4 is 0 Å². The maximum absolute atomic E-state index is 6.24. The fourth-order valence-corrected chi connectivity index (χ4v) is 3.89. The Hall–Kier alpha value is -0.210. The third-order valence-electron chi connectivity index (χ3n) is 5.15. The monoisotopic (exact) mass is 600 g/mol. The van der Waals surface area contributed by atoms with Crippen LogP contribution in [0.2, 0.25) is 10.0 Å². The molecule has 2 radical (unpaired) electrons. The van der Waals surface area contributed by atoms with Gasteiger partial charge < -0.3 is 14.9 Å². The molecule has 1 aliphatic rings. The molecular weight excluding hydrogens is 573 g/mol. The molecule has 1 unspecified atom stereocenters. The van der Waals surface area contributed by atoms with Gasteiger partial charge in [-0.1, -0.05) is 62.0 Å². The average molecular weight is 604 g/mol. The molecule has 0 aromatic heterocycles. The Morgan fingerprint density at radius 1 is 0.906 bits per heavy atom. The van der Waals surface area contributed by atoms with Gasteiger partial charge in [0.25, 0.3) is 0 Å². The molecule has 4 rings (SSSR count). The molecule has 1 atom stereocenters. The average Bonchev–Trinajstić information content (AvgIpc) is 3.21. The number of rotatable bonds is 1. The standard InChI is InChI=1S/C15H9Cl2.C9H13.2CH3.2ClH.Si.Zr/c16-13-6-3-7-14(17)15(13)12-9-8-10-4-1-2-5-11(10)12;1-6-5-7(2)9(4)8(6)3;;;;;;/h1-9H;6H,1-4H3;2*1H3;2*1H;;/q4*-1;;;;. The van der Waals surface area contributed by atoms with Gasteiger partial charge in [0.05, 0.1) is 0 Å². The number of fused-ring (bicyclic) bond motifs is 1. The number of halogens is 4. The SMILES string of the molecule is CC1=[C-]C(C)C(C)=C1C.Cl.Cl.Clc1cccc(Cl)c1-c1c[cH-]c2ccccc12.[CH3-].[CH3-].[Si]=[Zr]. The summed E-state index contributed by atoms with van der Waals surface area (Å²) in [5.41, 5.74) is 6.25. The summed E-state index contributed by atoms with van der Waals surface area (Å²) in [6.45, 7) is 11.7. The first-order valence-electron chi connectivity index (χ1n) is 9.01. The van der Waals surface area contributed by atoms with Crippen LogP contribution in [0.15, 0.2) is 71.3 Å². The van der Waals surface area contributed by atoms with Gasteiger partial charge in [-0.05, 0) is 17.7 Å². The molecule has 0 N–H and O–H groups in total. The summed E-state index contributed by atoms with van der Waals surface area (Å²) in [7, 11) is 0. The molecule has 0 heterocycles. The summed E-state index contributed by atoms with van der Waals surface area (Å²) in [4.78, 5) is 0. The van der Waals surface area contributed by atoms with E-state index in [0.717, 1.165) is 11.1 Å².